The first-order chi connectivity index (χ1) is 13.4. The predicted octanol–water partition coefficient (Wildman–Crippen LogP) is 2.70. The molecule has 0 radical (unpaired) electrons. The van der Waals surface area contributed by atoms with Crippen LogP contribution >= 0.6 is 11.6 Å². The molecule has 2 aromatic carbocycles. The number of hydrogen-bond acceptors (Lipinski definition) is 4. The Hall–Kier alpha value is -1.93. The third-order valence-electron chi connectivity index (χ3n) is 4.73. The van der Waals surface area contributed by atoms with Crippen molar-refractivity contribution in [1.29, 1.82) is 0 Å². The molecule has 0 N–H and O–H groups in total. The molecule has 0 bridgehead atoms. The van der Waals surface area contributed by atoms with Gasteiger partial charge in [0.2, 0.25) is 15.9 Å². The maximum absolute atomic E-state index is 13.3. The molecule has 0 unspecified atom stereocenters. The smallest absolute Gasteiger partial charge is 0.243 e. The first-order valence-electron chi connectivity index (χ1n) is 9.03. The lowest BCUT2D eigenvalue weighted by molar-refractivity contribution is -0.135. The van der Waals surface area contributed by atoms with Crippen LogP contribution in [0.3, 0.4) is 0 Å². The fraction of sp³-hybridized carbons (Fsp3) is 0.350. The van der Waals surface area contributed by atoms with Gasteiger partial charge in [-0.15, -0.1) is 0 Å². The van der Waals surface area contributed by atoms with E-state index in [0.29, 0.717) is 31.3 Å². The Balaban J connectivity index is 1.90. The van der Waals surface area contributed by atoms with Crippen molar-refractivity contribution in [3.8, 4) is 0 Å². The second kappa shape index (κ2) is 9.05. The summed E-state index contributed by atoms with van der Waals surface area (Å²) in [6.45, 7) is 3.69. The molecule has 6 nitrogen and oxygen atoms in total. The van der Waals surface area contributed by atoms with Crippen molar-refractivity contribution in [2.75, 3.05) is 32.8 Å². The fourth-order valence-electron chi connectivity index (χ4n) is 3.02. The molecule has 150 valence electrons. The Kier molecular flexibility index (Phi) is 6.72. The average molecular weight is 423 g/mol. The van der Waals surface area contributed by atoms with Crippen molar-refractivity contribution in [2.24, 2.45) is 0 Å². The zero-order valence-corrected chi connectivity index (χ0v) is 17.2. The number of ether oxygens (including phenoxy) is 1. The van der Waals surface area contributed by atoms with Gasteiger partial charge in [0.05, 0.1) is 24.7 Å². The monoisotopic (exact) mass is 422 g/mol. The Morgan fingerprint density at radius 2 is 1.75 bits per heavy atom. The number of carbonyl (C=O) groups excluding carboxylic acids is 1. The number of halogens is 1. The molecule has 1 aliphatic rings. The van der Waals surface area contributed by atoms with Crippen LogP contribution in [0.25, 0.3) is 0 Å². The second-order valence-corrected chi connectivity index (χ2v) is 9.02. The van der Waals surface area contributed by atoms with E-state index in [1.165, 1.54) is 28.6 Å². The molecule has 0 aliphatic carbocycles. The number of carbonyl (C=O) groups is 1. The molecular formula is C20H23ClN2O4S. The summed E-state index contributed by atoms with van der Waals surface area (Å²) in [5, 5.41) is 0.453. The van der Waals surface area contributed by atoms with Gasteiger partial charge in [0.25, 0.3) is 0 Å². The second-order valence-electron chi connectivity index (χ2n) is 6.65. The van der Waals surface area contributed by atoms with E-state index in [4.69, 9.17) is 16.3 Å². The molecule has 1 saturated heterocycles. The maximum atomic E-state index is 13.3. The first kappa shape index (κ1) is 20.8. The number of benzene rings is 2. The molecule has 1 heterocycles. The van der Waals surface area contributed by atoms with Crippen molar-refractivity contribution < 1.29 is 17.9 Å². The quantitative estimate of drug-likeness (QED) is 0.717. The SMILES string of the molecule is Cc1ccccc1CN(CC(=O)N1CCOCC1)S(=O)(=O)c1ccc(Cl)cc1. The summed E-state index contributed by atoms with van der Waals surface area (Å²) >= 11 is 5.90. The van der Waals surface area contributed by atoms with E-state index in [0.717, 1.165) is 11.1 Å². The fourth-order valence-corrected chi connectivity index (χ4v) is 4.52. The standard InChI is InChI=1S/C20H23ClN2O4S/c1-16-4-2-3-5-17(16)14-23(15-20(24)22-10-12-27-13-11-22)28(25,26)19-8-6-18(21)7-9-19/h2-9H,10-15H2,1H3. The van der Waals surface area contributed by atoms with E-state index >= 15 is 0 Å². The highest BCUT2D eigenvalue weighted by molar-refractivity contribution is 7.89. The lowest BCUT2D eigenvalue weighted by atomic mass is 10.1. The average Bonchev–Trinajstić information content (AvgIpc) is 2.70. The van der Waals surface area contributed by atoms with Crippen LogP contribution in [0.2, 0.25) is 5.02 Å². The van der Waals surface area contributed by atoms with Crippen LogP contribution in [0.4, 0.5) is 0 Å². The van der Waals surface area contributed by atoms with Crippen LogP contribution in [-0.2, 0) is 26.1 Å². The number of amides is 1. The van der Waals surface area contributed by atoms with E-state index in [1.54, 1.807) is 4.90 Å². The highest BCUT2D eigenvalue weighted by Gasteiger charge is 2.29. The van der Waals surface area contributed by atoms with E-state index in [-0.39, 0.29) is 23.9 Å². The van der Waals surface area contributed by atoms with Crippen LogP contribution in [0.1, 0.15) is 11.1 Å². The number of aryl methyl sites for hydroxylation is 1. The maximum Gasteiger partial charge on any atom is 0.243 e. The van der Waals surface area contributed by atoms with Crippen LogP contribution in [0.5, 0.6) is 0 Å². The molecule has 2 aromatic rings. The zero-order valence-electron chi connectivity index (χ0n) is 15.7. The van der Waals surface area contributed by atoms with Crippen molar-refractivity contribution in [2.45, 2.75) is 18.4 Å². The third kappa shape index (κ3) is 4.91. The molecule has 0 saturated carbocycles. The van der Waals surface area contributed by atoms with E-state index < -0.39 is 10.0 Å². The lowest BCUT2D eigenvalue weighted by Gasteiger charge is -2.30. The molecule has 0 aromatic heterocycles. The number of hydrogen-bond donors (Lipinski definition) is 0. The summed E-state index contributed by atoms with van der Waals surface area (Å²) in [6.07, 6.45) is 0. The van der Waals surface area contributed by atoms with Gasteiger partial charge in [0, 0.05) is 24.7 Å². The van der Waals surface area contributed by atoms with Crippen molar-refractivity contribution in [3.63, 3.8) is 0 Å². The van der Waals surface area contributed by atoms with Gasteiger partial charge in [0.1, 0.15) is 0 Å². The van der Waals surface area contributed by atoms with Gasteiger partial charge in [-0.2, -0.15) is 4.31 Å². The molecule has 3 rings (SSSR count). The highest BCUT2D eigenvalue weighted by atomic mass is 35.5. The van der Waals surface area contributed by atoms with Crippen molar-refractivity contribution in [3.05, 3.63) is 64.7 Å². The Morgan fingerprint density at radius 3 is 2.39 bits per heavy atom. The van der Waals surface area contributed by atoms with E-state index in [1.807, 2.05) is 31.2 Å². The predicted molar refractivity (Wildman–Crippen MR) is 108 cm³/mol. The number of rotatable bonds is 6. The largest absolute Gasteiger partial charge is 0.378 e. The Morgan fingerprint density at radius 1 is 1.11 bits per heavy atom. The highest BCUT2D eigenvalue weighted by Crippen LogP contribution is 2.22. The van der Waals surface area contributed by atoms with Gasteiger partial charge in [-0.1, -0.05) is 35.9 Å². The zero-order chi connectivity index (χ0) is 20.1. The van der Waals surface area contributed by atoms with Crippen molar-refractivity contribution in [1.82, 2.24) is 9.21 Å². The van der Waals surface area contributed by atoms with Gasteiger partial charge in [-0.3, -0.25) is 4.79 Å². The van der Waals surface area contributed by atoms with Crippen LogP contribution in [0.15, 0.2) is 53.4 Å². The van der Waals surface area contributed by atoms with E-state index in [9.17, 15) is 13.2 Å². The summed E-state index contributed by atoms with van der Waals surface area (Å²) in [4.78, 5) is 14.5. The van der Waals surface area contributed by atoms with Crippen LogP contribution in [-0.4, -0.2) is 56.4 Å². The molecule has 28 heavy (non-hydrogen) atoms. The molecule has 1 amide bonds. The number of morpholine rings is 1. The minimum atomic E-state index is -3.87. The third-order valence-corrected chi connectivity index (χ3v) is 6.79. The summed E-state index contributed by atoms with van der Waals surface area (Å²) in [5.74, 6) is -0.227. The Bertz CT molecular complexity index is 925. The summed E-state index contributed by atoms with van der Waals surface area (Å²) in [6, 6.07) is 13.5. The molecule has 1 fully saturated rings. The number of nitrogens with zero attached hydrogens (tertiary/aromatic N) is 2. The molecule has 0 atom stereocenters. The first-order valence-corrected chi connectivity index (χ1v) is 10.9. The summed E-state index contributed by atoms with van der Waals surface area (Å²) in [7, 11) is -3.87. The van der Waals surface area contributed by atoms with Crippen LogP contribution in [0, 0.1) is 6.92 Å². The molecule has 1 aliphatic heterocycles. The van der Waals surface area contributed by atoms with Gasteiger partial charge in [-0.25, -0.2) is 8.42 Å². The molecule has 8 heteroatoms. The van der Waals surface area contributed by atoms with Gasteiger partial charge >= 0.3 is 0 Å². The summed E-state index contributed by atoms with van der Waals surface area (Å²) in [5.41, 5.74) is 1.83. The minimum Gasteiger partial charge on any atom is -0.378 e. The normalized spacial score (nSPS) is 15.0. The Labute approximate surface area is 170 Å². The van der Waals surface area contributed by atoms with Crippen molar-refractivity contribution >= 4 is 27.5 Å². The van der Waals surface area contributed by atoms with E-state index in [2.05, 4.69) is 0 Å². The van der Waals surface area contributed by atoms with Crippen LogP contribution < -0.4 is 0 Å². The molecular weight excluding hydrogens is 400 g/mol. The van der Waals surface area contributed by atoms with Gasteiger partial charge in [-0.05, 0) is 42.3 Å². The topological polar surface area (TPSA) is 66.9 Å². The molecule has 0 spiro atoms. The minimum absolute atomic E-state index is 0.111. The van der Waals surface area contributed by atoms with Gasteiger partial charge in [0.15, 0.2) is 0 Å². The van der Waals surface area contributed by atoms with Gasteiger partial charge < -0.3 is 9.64 Å². The lowest BCUT2D eigenvalue weighted by Crippen LogP contribution is -2.46. The summed E-state index contributed by atoms with van der Waals surface area (Å²) < 4.78 is 33.0. The number of sulfonamides is 1.